The Hall–Kier alpha value is -1.76. The Bertz CT molecular complexity index is 721. The van der Waals surface area contributed by atoms with Gasteiger partial charge in [0.05, 0.1) is 9.83 Å². The van der Waals surface area contributed by atoms with E-state index < -0.39 is 0 Å². The minimum absolute atomic E-state index is 0.0619. The highest BCUT2D eigenvalue weighted by atomic mass is 79.9. The summed E-state index contributed by atoms with van der Waals surface area (Å²) in [5.41, 5.74) is 1.04. The van der Waals surface area contributed by atoms with Gasteiger partial charge in [-0.3, -0.25) is 0 Å². The smallest absolute Gasteiger partial charge is 0.119 e. The minimum atomic E-state index is 0.0619. The van der Waals surface area contributed by atoms with Crippen molar-refractivity contribution < 1.29 is 4.74 Å². The van der Waals surface area contributed by atoms with E-state index in [1.807, 2.05) is 42.7 Å². The van der Waals surface area contributed by atoms with Gasteiger partial charge >= 0.3 is 0 Å². The number of ether oxygens (including phenoxy) is 1. The predicted molar refractivity (Wildman–Crippen MR) is 95.8 cm³/mol. The summed E-state index contributed by atoms with van der Waals surface area (Å²) in [7, 11) is 0. The number of rotatable bonds is 7. The maximum Gasteiger partial charge on any atom is 0.119 e. The molecule has 2 aromatic heterocycles. The van der Waals surface area contributed by atoms with Gasteiger partial charge in [0.15, 0.2) is 0 Å². The average molecular weight is 390 g/mol. The largest absolute Gasteiger partial charge is 0.492 e. The maximum absolute atomic E-state index is 5.73. The molecule has 3 rings (SSSR count). The van der Waals surface area contributed by atoms with Crippen LogP contribution in [0.25, 0.3) is 0 Å². The lowest BCUT2D eigenvalue weighted by molar-refractivity contribution is 0.310. The van der Waals surface area contributed by atoms with Crippen molar-refractivity contribution in [2.24, 2.45) is 0 Å². The van der Waals surface area contributed by atoms with Crippen LogP contribution in [0.5, 0.6) is 5.75 Å². The quantitative estimate of drug-likeness (QED) is 0.618. The molecule has 6 heteroatoms. The lowest BCUT2D eigenvalue weighted by Crippen LogP contribution is -2.26. The molecule has 1 atom stereocenters. The van der Waals surface area contributed by atoms with Crippen molar-refractivity contribution in [2.75, 3.05) is 13.2 Å². The first-order valence-electron chi connectivity index (χ1n) is 7.24. The van der Waals surface area contributed by atoms with Crippen molar-refractivity contribution in [1.29, 1.82) is 0 Å². The number of thiophene rings is 1. The van der Waals surface area contributed by atoms with Gasteiger partial charge in [0.2, 0.25) is 0 Å². The van der Waals surface area contributed by atoms with E-state index in [0.717, 1.165) is 21.6 Å². The zero-order valence-corrected chi connectivity index (χ0v) is 14.8. The number of para-hydroxylation sites is 1. The summed E-state index contributed by atoms with van der Waals surface area (Å²) in [6, 6.07) is 14.1. The molecular weight excluding hydrogens is 374 g/mol. The molecule has 0 spiro atoms. The van der Waals surface area contributed by atoms with Crippen molar-refractivity contribution in [2.45, 2.75) is 6.04 Å². The lowest BCUT2D eigenvalue weighted by Gasteiger charge is -2.17. The van der Waals surface area contributed by atoms with Crippen LogP contribution in [0.1, 0.15) is 16.5 Å². The molecule has 0 amide bonds. The Morgan fingerprint density at radius 2 is 1.87 bits per heavy atom. The first kappa shape index (κ1) is 16.1. The molecule has 3 aromatic rings. The second-order valence-corrected chi connectivity index (χ2v) is 7.36. The molecule has 0 bridgehead atoms. The summed E-state index contributed by atoms with van der Waals surface area (Å²) in [6.07, 6.45) is 5.23. The molecule has 0 radical (unpaired) electrons. The molecule has 0 aliphatic rings. The summed E-state index contributed by atoms with van der Waals surface area (Å²) in [6.45, 7) is 1.32. The highest BCUT2D eigenvalue weighted by Gasteiger charge is 2.16. The van der Waals surface area contributed by atoms with Gasteiger partial charge in [-0.25, -0.2) is 9.97 Å². The number of benzene rings is 1. The standard InChI is InChI=1S/C17H16BrN3OS/c18-16-7-6-15(23-16)17(13-10-19-12-20-11-13)21-8-9-22-14-4-2-1-3-5-14/h1-7,10-12,17,21H,8-9H2. The first-order valence-corrected chi connectivity index (χ1v) is 8.85. The fourth-order valence-corrected chi connectivity index (χ4v) is 3.74. The van der Waals surface area contributed by atoms with Gasteiger partial charge in [0, 0.05) is 29.4 Å². The van der Waals surface area contributed by atoms with E-state index in [9.17, 15) is 0 Å². The highest BCUT2D eigenvalue weighted by Crippen LogP contribution is 2.30. The number of aromatic nitrogens is 2. The Balaban J connectivity index is 1.63. The monoisotopic (exact) mass is 389 g/mol. The van der Waals surface area contributed by atoms with Crippen molar-refractivity contribution >= 4 is 27.3 Å². The molecule has 1 N–H and O–H groups in total. The molecular formula is C17H16BrN3OS. The van der Waals surface area contributed by atoms with Crippen LogP contribution < -0.4 is 10.1 Å². The minimum Gasteiger partial charge on any atom is -0.492 e. The number of nitrogens with one attached hydrogen (secondary N) is 1. The van der Waals surface area contributed by atoms with Gasteiger partial charge in [-0.15, -0.1) is 11.3 Å². The van der Waals surface area contributed by atoms with Gasteiger partial charge in [-0.2, -0.15) is 0 Å². The van der Waals surface area contributed by atoms with Crippen LogP contribution in [-0.4, -0.2) is 23.1 Å². The second kappa shape index (κ2) is 8.19. The molecule has 23 heavy (non-hydrogen) atoms. The van der Waals surface area contributed by atoms with Gasteiger partial charge in [0.25, 0.3) is 0 Å². The van der Waals surface area contributed by atoms with Gasteiger partial charge in [-0.1, -0.05) is 18.2 Å². The van der Waals surface area contributed by atoms with E-state index in [0.29, 0.717) is 6.61 Å². The van der Waals surface area contributed by atoms with Crippen LogP contribution in [0, 0.1) is 0 Å². The molecule has 1 unspecified atom stereocenters. The van der Waals surface area contributed by atoms with Crippen molar-refractivity contribution in [1.82, 2.24) is 15.3 Å². The molecule has 1 aromatic carbocycles. The van der Waals surface area contributed by atoms with Crippen molar-refractivity contribution in [3.63, 3.8) is 0 Å². The van der Waals surface area contributed by atoms with E-state index in [4.69, 9.17) is 4.74 Å². The number of halogens is 1. The third-order valence-corrected chi connectivity index (χ3v) is 4.94. The van der Waals surface area contributed by atoms with E-state index in [2.05, 4.69) is 43.3 Å². The van der Waals surface area contributed by atoms with Crippen LogP contribution in [0.4, 0.5) is 0 Å². The summed E-state index contributed by atoms with van der Waals surface area (Å²) >= 11 is 5.22. The van der Waals surface area contributed by atoms with E-state index in [-0.39, 0.29) is 6.04 Å². The number of hydrogen-bond acceptors (Lipinski definition) is 5. The maximum atomic E-state index is 5.73. The second-order valence-electron chi connectivity index (χ2n) is 4.86. The van der Waals surface area contributed by atoms with E-state index in [1.165, 1.54) is 4.88 Å². The summed E-state index contributed by atoms with van der Waals surface area (Å²) in [4.78, 5) is 9.46. The molecule has 118 valence electrons. The molecule has 2 heterocycles. The third-order valence-electron chi connectivity index (χ3n) is 3.25. The molecule has 0 fully saturated rings. The fourth-order valence-electron chi connectivity index (χ4n) is 2.21. The van der Waals surface area contributed by atoms with Crippen LogP contribution in [0.2, 0.25) is 0 Å². The van der Waals surface area contributed by atoms with Crippen molar-refractivity contribution in [3.05, 3.63) is 75.4 Å². The van der Waals surface area contributed by atoms with Crippen LogP contribution in [-0.2, 0) is 0 Å². The highest BCUT2D eigenvalue weighted by molar-refractivity contribution is 9.11. The Morgan fingerprint density at radius 1 is 1.09 bits per heavy atom. The molecule has 0 aliphatic carbocycles. The van der Waals surface area contributed by atoms with Crippen LogP contribution in [0.15, 0.2) is 65.0 Å². The SMILES string of the molecule is Brc1ccc(C(NCCOc2ccccc2)c2cncnc2)s1. The van der Waals surface area contributed by atoms with Gasteiger partial charge < -0.3 is 10.1 Å². The average Bonchev–Trinajstić information content (AvgIpc) is 3.03. The zero-order chi connectivity index (χ0) is 15.9. The van der Waals surface area contributed by atoms with Crippen molar-refractivity contribution in [3.8, 4) is 5.75 Å². The Kier molecular flexibility index (Phi) is 5.74. The summed E-state index contributed by atoms with van der Waals surface area (Å²) in [5, 5.41) is 3.52. The van der Waals surface area contributed by atoms with E-state index in [1.54, 1.807) is 17.7 Å². The normalized spacial score (nSPS) is 12.0. The van der Waals surface area contributed by atoms with Gasteiger partial charge in [0.1, 0.15) is 18.7 Å². The molecule has 4 nitrogen and oxygen atoms in total. The van der Waals surface area contributed by atoms with E-state index >= 15 is 0 Å². The lowest BCUT2D eigenvalue weighted by atomic mass is 10.1. The number of hydrogen-bond donors (Lipinski definition) is 1. The number of nitrogens with zero attached hydrogens (tertiary/aromatic N) is 2. The van der Waals surface area contributed by atoms with Gasteiger partial charge in [-0.05, 0) is 40.2 Å². The predicted octanol–water partition coefficient (Wildman–Crippen LogP) is 4.06. The molecule has 0 saturated carbocycles. The molecule has 0 aliphatic heterocycles. The summed E-state index contributed by atoms with van der Waals surface area (Å²) in [5.74, 6) is 0.882. The third kappa shape index (κ3) is 4.60. The Labute approximate surface area is 147 Å². The summed E-state index contributed by atoms with van der Waals surface area (Å²) < 4.78 is 6.84. The fraction of sp³-hybridized carbons (Fsp3) is 0.176. The van der Waals surface area contributed by atoms with Crippen LogP contribution >= 0.6 is 27.3 Å². The Morgan fingerprint density at radius 3 is 2.57 bits per heavy atom. The first-order chi connectivity index (χ1) is 11.3. The zero-order valence-electron chi connectivity index (χ0n) is 12.4. The van der Waals surface area contributed by atoms with Crippen LogP contribution in [0.3, 0.4) is 0 Å². The molecule has 0 saturated heterocycles. The topological polar surface area (TPSA) is 47.0 Å².